The summed E-state index contributed by atoms with van der Waals surface area (Å²) < 4.78 is 0. The summed E-state index contributed by atoms with van der Waals surface area (Å²) in [5, 5.41) is 2.13. The van der Waals surface area contributed by atoms with Crippen molar-refractivity contribution in [3.05, 3.63) is 52.0 Å². The lowest BCUT2D eigenvalue weighted by Gasteiger charge is -2.12. The molecule has 18 heavy (non-hydrogen) atoms. The molecule has 0 aliphatic carbocycles. The average Bonchev–Trinajstić information content (AvgIpc) is 2.85. The number of rotatable bonds is 6. The minimum atomic E-state index is 0.221. The third-order valence-corrected chi connectivity index (χ3v) is 4.09. The first-order chi connectivity index (χ1) is 8.75. The van der Waals surface area contributed by atoms with E-state index in [4.69, 9.17) is 5.73 Å². The Morgan fingerprint density at radius 3 is 2.94 bits per heavy atom. The molecular weight excluding hydrogens is 240 g/mol. The van der Waals surface area contributed by atoms with Crippen molar-refractivity contribution in [2.75, 3.05) is 0 Å². The molecule has 0 fully saturated rings. The third-order valence-electron chi connectivity index (χ3n) is 3.15. The first-order valence-electron chi connectivity index (χ1n) is 6.44. The second-order valence-corrected chi connectivity index (χ2v) is 5.74. The van der Waals surface area contributed by atoms with Crippen molar-refractivity contribution in [3.63, 3.8) is 0 Å². The molecule has 1 unspecified atom stereocenters. The van der Waals surface area contributed by atoms with Crippen LogP contribution in [0.5, 0.6) is 0 Å². The molecule has 0 saturated carbocycles. The van der Waals surface area contributed by atoms with Gasteiger partial charge in [-0.2, -0.15) is 0 Å². The molecule has 0 bridgehead atoms. The summed E-state index contributed by atoms with van der Waals surface area (Å²) in [6, 6.07) is 8.59. The van der Waals surface area contributed by atoms with Crippen LogP contribution in [0.3, 0.4) is 0 Å². The van der Waals surface area contributed by atoms with Gasteiger partial charge in [0.2, 0.25) is 0 Å². The van der Waals surface area contributed by atoms with Crippen LogP contribution in [0, 0.1) is 6.92 Å². The number of aryl methyl sites for hydroxylation is 2. The number of thiophene rings is 1. The largest absolute Gasteiger partial charge is 0.327 e. The predicted molar refractivity (Wildman–Crippen MR) is 77.9 cm³/mol. The fourth-order valence-electron chi connectivity index (χ4n) is 2.08. The maximum Gasteiger partial charge on any atom is 0.0448 e. The van der Waals surface area contributed by atoms with Gasteiger partial charge in [0.15, 0.2) is 0 Å². The van der Waals surface area contributed by atoms with Gasteiger partial charge in [-0.15, -0.1) is 11.3 Å². The maximum atomic E-state index is 6.18. The summed E-state index contributed by atoms with van der Waals surface area (Å²) in [4.78, 5) is 5.85. The lowest BCUT2D eigenvalue weighted by molar-refractivity contribution is 0.574. The van der Waals surface area contributed by atoms with Gasteiger partial charge in [0.1, 0.15) is 0 Å². The van der Waals surface area contributed by atoms with Gasteiger partial charge in [-0.05, 0) is 49.3 Å². The summed E-state index contributed by atoms with van der Waals surface area (Å²) in [6.45, 7) is 2.10. The zero-order valence-corrected chi connectivity index (χ0v) is 11.6. The van der Waals surface area contributed by atoms with Crippen LogP contribution in [0.25, 0.3) is 0 Å². The van der Waals surface area contributed by atoms with Crippen molar-refractivity contribution in [1.82, 2.24) is 4.98 Å². The van der Waals surface area contributed by atoms with Crippen LogP contribution in [-0.4, -0.2) is 11.0 Å². The van der Waals surface area contributed by atoms with Crippen molar-refractivity contribution < 1.29 is 0 Å². The second-order valence-electron chi connectivity index (χ2n) is 4.70. The number of nitrogens with two attached hydrogens (primary N) is 1. The topological polar surface area (TPSA) is 38.9 Å². The number of aromatic nitrogens is 1. The van der Waals surface area contributed by atoms with E-state index in [2.05, 4.69) is 35.5 Å². The number of hydrogen-bond acceptors (Lipinski definition) is 3. The second kappa shape index (κ2) is 6.66. The molecule has 0 saturated heterocycles. The van der Waals surface area contributed by atoms with Gasteiger partial charge in [0.05, 0.1) is 0 Å². The van der Waals surface area contributed by atoms with E-state index < -0.39 is 0 Å². The van der Waals surface area contributed by atoms with Crippen LogP contribution >= 0.6 is 11.3 Å². The Bertz CT molecular complexity index is 465. The quantitative estimate of drug-likeness (QED) is 0.865. The van der Waals surface area contributed by atoms with Crippen LogP contribution in [0.4, 0.5) is 0 Å². The van der Waals surface area contributed by atoms with E-state index in [1.54, 1.807) is 0 Å². The molecule has 2 nitrogen and oxygen atoms in total. The van der Waals surface area contributed by atoms with E-state index in [0.717, 1.165) is 31.4 Å². The molecule has 0 aromatic carbocycles. The summed E-state index contributed by atoms with van der Waals surface area (Å²) in [5.41, 5.74) is 8.56. The Labute approximate surface area is 113 Å². The molecule has 2 aromatic heterocycles. The highest BCUT2D eigenvalue weighted by Crippen LogP contribution is 2.14. The minimum absolute atomic E-state index is 0.221. The molecule has 2 rings (SSSR count). The number of pyridine rings is 1. The smallest absolute Gasteiger partial charge is 0.0448 e. The molecular formula is C15H20N2S. The summed E-state index contributed by atoms with van der Waals surface area (Å²) in [6.07, 6.45) is 6.10. The molecule has 2 heterocycles. The van der Waals surface area contributed by atoms with Gasteiger partial charge in [0.25, 0.3) is 0 Å². The van der Waals surface area contributed by atoms with Crippen molar-refractivity contribution >= 4 is 11.3 Å². The van der Waals surface area contributed by atoms with Crippen LogP contribution < -0.4 is 5.73 Å². The fourth-order valence-corrected chi connectivity index (χ4v) is 2.83. The fraction of sp³-hybridized carbons (Fsp3) is 0.400. The first kappa shape index (κ1) is 13.2. The summed E-state index contributed by atoms with van der Waals surface area (Å²) in [7, 11) is 0. The number of nitrogens with zero attached hydrogens (tertiary/aromatic N) is 1. The molecule has 1 atom stereocenters. The van der Waals surface area contributed by atoms with E-state index in [1.807, 2.05) is 23.6 Å². The van der Waals surface area contributed by atoms with Crippen molar-refractivity contribution in [1.29, 1.82) is 0 Å². The van der Waals surface area contributed by atoms with Gasteiger partial charge in [-0.3, -0.25) is 4.98 Å². The van der Waals surface area contributed by atoms with E-state index >= 15 is 0 Å². The molecule has 2 aromatic rings. The molecule has 0 spiro atoms. The van der Waals surface area contributed by atoms with Crippen LogP contribution in [0.1, 0.15) is 29.0 Å². The molecule has 0 amide bonds. The Kier molecular flexibility index (Phi) is 4.90. The molecule has 96 valence electrons. The van der Waals surface area contributed by atoms with Gasteiger partial charge in [-0.1, -0.05) is 12.1 Å². The zero-order valence-electron chi connectivity index (χ0n) is 10.8. The SMILES string of the molecule is Cc1cccnc1CC(N)CCCc1cccs1. The number of hydrogen-bond donors (Lipinski definition) is 1. The molecule has 2 N–H and O–H groups in total. The zero-order chi connectivity index (χ0) is 12.8. The highest BCUT2D eigenvalue weighted by molar-refractivity contribution is 7.09. The lowest BCUT2D eigenvalue weighted by Crippen LogP contribution is -2.23. The van der Waals surface area contributed by atoms with E-state index in [9.17, 15) is 0 Å². The van der Waals surface area contributed by atoms with E-state index in [-0.39, 0.29) is 6.04 Å². The summed E-state index contributed by atoms with van der Waals surface area (Å²) in [5.74, 6) is 0. The van der Waals surface area contributed by atoms with Crippen molar-refractivity contribution in [2.45, 2.75) is 38.6 Å². The van der Waals surface area contributed by atoms with Crippen LogP contribution in [-0.2, 0) is 12.8 Å². The Hall–Kier alpha value is -1.19. The summed E-state index contributed by atoms with van der Waals surface area (Å²) >= 11 is 1.83. The Morgan fingerprint density at radius 2 is 2.22 bits per heavy atom. The molecule has 3 heteroatoms. The van der Waals surface area contributed by atoms with E-state index in [0.29, 0.717) is 0 Å². The van der Waals surface area contributed by atoms with Crippen molar-refractivity contribution in [2.24, 2.45) is 5.73 Å². The molecule has 0 aliphatic rings. The van der Waals surface area contributed by atoms with Crippen LogP contribution in [0.2, 0.25) is 0 Å². The maximum absolute atomic E-state index is 6.18. The normalized spacial score (nSPS) is 12.6. The van der Waals surface area contributed by atoms with Gasteiger partial charge >= 0.3 is 0 Å². The average molecular weight is 260 g/mol. The molecule has 0 radical (unpaired) electrons. The van der Waals surface area contributed by atoms with Crippen molar-refractivity contribution in [3.8, 4) is 0 Å². The van der Waals surface area contributed by atoms with E-state index in [1.165, 1.54) is 10.4 Å². The van der Waals surface area contributed by atoms with Gasteiger partial charge in [-0.25, -0.2) is 0 Å². The minimum Gasteiger partial charge on any atom is -0.327 e. The predicted octanol–water partition coefficient (Wildman–Crippen LogP) is 3.34. The third kappa shape index (κ3) is 3.93. The first-order valence-corrected chi connectivity index (χ1v) is 7.32. The van der Waals surface area contributed by atoms with Crippen LogP contribution in [0.15, 0.2) is 35.8 Å². The lowest BCUT2D eigenvalue weighted by atomic mass is 10.0. The van der Waals surface area contributed by atoms with Gasteiger partial charge in [0, 0.05) is 29.2 Å². The standard InChI is InChI=1S/C15H20N2S/c1-12-5-3-9-17-15(12)11-13(16)6-2-7-14-8-4-10-18-14/h3-5,8-10,13H,2,6-7,11,16H2,1H3. The highest BCUT2D eigenvalue weighted by Gasteiger charge is 2.07. The Morgan fingerprint density at radius 1 is 1.33 bits per heavy atom. The Balaban J connectivity index is 1.75. The van der Waals surface area contributed by atoms with Gasteiger partial charge < -0.3 is 5.73 Å². The highest BCUT2D eigenvalue weighted by atomic mass is 32.1. The monoisotopic (exact) mass is 260 g/mol. The molecule has 0 aliphatic heterocycles.